The van der Waals surface area contributed by atoms with E-state index in [1.54, 1.807) is 14.2 Å². The van der Waals surface area contributed by atoms with Gasteiger partial charge in [-0.25, -0.2) is 0 Å². The van der Waals surface area contributed by atoms with E-state index in [2.05, 4.69) is 59.8 Å². The molecule has 1 fully saturated rings. The average Bonchev–Trinajstić information content (AvgIpc) is 3.25. The van der Waals surface area contributed by atoms with Crippen molar-refractivity contribution in [1.82, 2.24) is 10.6 Å². The quantitative estimate of drug-likeness (QED) is 0.302. The van der Waals surface area contributed by atoms with Gasteiger partial charge in [-0.1, -0.05) is 29.8 Å². The van der Waals surface area contributed by atoms with Crippen molar-refractivity contribution in [2.45, 2.75) is 39.3 Å². The molecule has 2 aromatic carbocycles. The van der Waals surface area contributed by atoms with Gasteiger partial charge in [0.1, 0.15) is 17.6 Å². The lowest BCUT2D eigenvalue weighted by molar-refractivity contribution is 0.140. The zero-order chi connectivity index (χ0) is 21.3. The Balaban J connectivity index is 0.00000341. The van der Waals surface area contributed by atoms with Crippen LogP contribution in [0.1, 0.15) is 28.7 Å². The van der Waals surface area contributed by atoms with Gasteiger partial charge in [0.05, 0.1) is 20.3 Å². The summed E-state index contributed by atoms with van der Waals surface area (Å²) in [5.74, 6) is 2.60. The normalized spacial score (nSPS) is 15.9. The maximum absolute atomic E-state index is 6.19. The van der Waals surface area contributed by atoms with Crippen LogP contribution in [0, 0.1) is 13.8 Å². The van der Waals surface area contributed by atoms with Crippen LogP contribution in [-0.4, -0.2) is 46.0 Å². The Morgan fingerprint density at radius 1 is 1.06 bits per heavy atom. The predicted octanol–water partition coefficient (Wildman–Crippen LogP) is 4.01. The van der Waals surface area contributed by atoms with Crippen molar-refractivity contribution in [3.8, 4) is 11.5 Å². The highest BCUT2D eigenvalue weighted by Gasteiger charge is 2.18. The van der Waals surface area contributed by atoms with Gasteiger partial charge in [-0.2, -0.15) is 0 Å². The highest BCUT2D eigenvalue weighted by molar-refractivity contribution is 14.0. The van der Waals surface area contributed by atoms with Gasteiger partial charge in [-0.3, -0.25) is 4.99 Å². The van der Waals surface area contributed by atoms with Gasteiger partial charge < -0.3 is 24.8 Å². The Morgan fingerprint density at radius 3 is 2.55 bits per heavy atom. The molecule has 0 saturated carbocycles. The van der Waals surface area contributed by atoms with E-state index in [0.717, 1.165) is 49.0 Å². The van der Waals surface area contributed by atoms with Crippen LogP contribution in [0.2, 0.25) is 0 Å². The van der Waals surface area contributed by atoms with E-state index in [1.165, 1.54) is 16.7 Å². The summed E-state index contributed by atoms with van der Waals surface area (Å²) in [5.41, 5.74) is 4.71. The molecule has 1 saturated heterocycles. The summed E-state index contributed by atoms with van der Waals surface area (Å²) in [6.45, 7) is 7.00. The molecule has 1 aliphatic heterocycles. The van der Waals surface area contributed by atoms with E-state index in [9.17, 15) is 0 Å². The molecule has 2 aromatic rings. The van der Waals surface area contributed by atoms with Crippen LogP contribution in [0.3, 0.4) is 0 Å². The SMILES string of the molecule is CN=C(NCCc1cc(C)ccc1OC)NCc1ccc(C)cc1OC1CCOC1.I. The largest absolute Gasteiger partial charge is 0.496 e. The molecule has 0 radical (unpaired) electrons. The van der Waals surface area contributed by atoms with Crippen LogP contribution in [0.15, 0.2) is 41.4 Å². The zero-order valence-electron chi connectivity index (χ0n) is 18.9. The summed E-state index contributed by atoms with van der Waals surface area (Å²) in [7, 11) is 3.49. The van der Waals surface area contributed by atoms with E-state index in [-0.39, 0.29) is 30.1 Å². The number of hydrogen-bond donors (Lipinski definition) is 2. The number of nitrogens with zero attached hydrogens (tertiary/aromatic N) is 1. The first-order valence-corrected chi connectivity index (χ1v) is 10.5. The van der Waals surface area contributed by atoms with Crippen molar-refractivity contribution in [2.75, 3.05) is 33.9 Å². The smallest absolute Gasteiger partial charge is 0.191 e. The highest BCUT2D eigenvalue weighted by Crippen LogP contribution is 2.24. The van der Waals surface area contributed by atoms with Gasteiger partial charge in [0.2, 0.25) is 0 Å². The molecule has 0 aliphatic carbocycles. The molecule has 6 nitrogen and oxygen atoms in total. The molecule has 1 heterocycles. The van der Waals surface area contributed by atoms with Gasteiger partial charge in [-0.05, 0) is 43.5 Å². The van der Waals surface area contributed by atoms with E-state index in [4.69, 9.17) is 14.2 Å². The van der Waals surface area contributed by atoms with E-state index < -0.39 is 0 Å². The first-order chi connectivity index (χ1) is 14.6. The number of rotatable bonds is 8. The minimum atomic E-state index is 0. The van der Waals surface area contributed by atoms with Crippen LogP contribution < -0.4 is 20.1 Å². The molecule has 0 spiro atoms. The van der Waals surface area contributed by atoms with Gasteiger partial charge in [0.15, 0.2) is 5.96 Å². The lowest BCUT2D eigenvalue weighted by atomic mass is 10.1. The maximum atomic E-state index is 6.19. The molecule has 0 bridgehead atoms. The first-order valence-electron chi connectivity index (χ1n) is 10.5. The molecule has 31 heavy (non-hydrogen) atoms. The second-order valence-corrected chi connectivity index (χ2v) is 7.63. The van der Waals surface area contributed by atoms with Crippen molar-refractivity contribution in [3.63, 3.8) is 0 Å². The van der Waals surface area contributed by atoms with Gasteiger partial charge >= 0.3 is 0 Å². The molecule has 0 aromatic heterocycles. The summed E-state index contributed by atoms with van der Waals surface area (Å²) in [5, 5.41) is 6.78. The minimum Gasteiger partial charge on any atom is -0.496 e. The standard InChI is InChI=1S/C24H33N3O3.HI/c1-17-6-8-22(28-4)19(13-17)9-11-26-24(25-3)27-15-20-7-5-18(2)14-23(20)30-21-10-12-29-16-21;/h5-8,13-14,21H,9-12,15-16H2,1-4H3,(H2,25,26,27);1H. The number of guanidine groups is 1. The molecule has 170 valence electrons. The van der Waals surface area contributed by atoms with E-state index in [0.29, 0.717) is 13.2 Å². The zero-order valence-corrected chi connectivity index (χ0v) is 21.2. The molecular formula is C24H34IN3O3. The third kappa shape index (κ3) is 7.57. The van der Waals surface area contributed by atoms with Gasteiger partial charge in [-0.15, -0.1) is 24.0 Å². The van der Waals surface area contributed by atoms with Crippen molar-refractivity contribution in [2.24, 2.45) is 4.99 Å². The minimum absolute atomic E-state index is 0. The summed E-state index contributed by atoms with van der Waals surface area (Å²) in [6.07, 6.45) is 1.92. The van der Waals surface area contributed by atoms with Crippen LogP contribution in [-0.2, 0) is 17.7 Å². The van der Waals surface area contributed by atoms with Crippen LogP contribution in [0.5, 0.6) is 11.5 Å². The van der Waals surface area contributed by atoms with E-state index >= 15 is 0 Å². The third-order valence-corrected chi connectivity index (χ3v) is 5.20. The number of halogens is 1. The third-order valence-electron chi connectivity index (χ3n) is 5.20. The van der Waals surface area contributed by atoms with Crippen LogP contribution in [0.4, 0.5) is 0 Å². The summed E-state index contributed by atoms with van der Waals surface area (Å²) in [4.78, 5) is 4.35. The van der Waals surface area contributed by atoms with Gasteiger partial charge in [0.25, 0.3) is 0 Å². The Kier molecular flexibility index (Phi) is 10.4. The molecule has 3 rings (SSSR count). The lowest BCUT2D eigenvalue weighted by Gasteiger charge is -2.18. The predicted molar refractivity (Wildman–Crippen MR) is 136 cm³/mol. The van der Waals surface area contributed by atoms with Crippen LogP contribution >= 0.6 is 24.0 Å². The molecule has 0 amide bonds. The van der Waals surface area contributed by atoms with E-state index in [1.807, 2.05) is 6.07 Å². The molecule has 1 atom stereocenters. The number of aryl methyl sites for hydroxylation is 2. The number of methoxy groups -OCH3 is 1. The number of nitrogens with one attached hydrogen (secondary N) is 2. The molecule has 2 N–H and O–H groups in total. The van der Waals surface area contributed by atoms with Crippen LogP contribution in [0.25, 0.3) is 0 Å². The fraction of sp³-hybridized carbons (Fsp3) is 0.458. The number of aliphatic imine (C=N–C) groups is 1. The van der Waals surface area contributed by atoms with Crippen molar-refractivity contribution in [3.05, 3.63) is 58.7 Å². The number of benzene rings is 2. The fourth-order valence-corrected chi connectivity index (χ4v) is 3.52. The molecule has 1 aliphatic rings. The van der Waals surface area contributed by atoms with Crippen molar-refractivity contribution in [1.29, 1.82) is 0 Å². The Labute approximate surface area is 202 Å². The Bertz CT molecular complexity index is 867. The second kappa shape index (κ2) is 12.8. The summed E-state index contributed by atoms with van der Waals surface area (Å²) in [6, 6.07) is 12.6. The van der Waals surface area contributed by atoms with Crippen molar-refractivity contribution >= 4 is 29.9 Å². The van der Waals surface area contributed by atoms with Gasteiger partial charge in [0, 0.05) is 32.1 Å². The molecule has 7 heteroatoms. The lowest BCUT2D eigenvalue weighted by Crippen LogP contribution is -2.38. The summed E-state index contributed by atoms with van der Waals surface area (Å²) < 4.78 is 17.1. The number of ether oxygens (including phenoxy) is 3. The van der Waals surface area contributed by atoms with Crippen molar-refractivity contribution < 1.29 is 14.2 Å². The maximum Gasteiger partial charge on any atom is 0.191 e. The highest BCUT2D eigenvalue weighted by atomic mass is 127. The molecular weight excluding hydrogens is 505 g/mol. The first kappa shape index (κ1) is 25.3. The topological polar surface area (TPSA) is 64.1 Å². The Hall–Kier alpha value is -2.00. The Morgan fingerprint density at radius 2 is 1.84 bits per heavy atom. The monoisotopic (exact) mass is 539 g/mol. The average molecular weight is 539 g/mol. The fourth-order valence-electron chi connectivity index (χ4n) is 3.52. The molecule has 1 unspecified atom stereocenters. The number of hydrogen-bond acceptors (Lipinski definition) is 4. The second-order valence-electron chi connectivity index (χ2n) is 7.63. The summed E-state index contributed by atoms with van der Waals surface area (Å²) >= 11 is 0.